The van der Waals surface area contributed by atoms with Gasteiger partial charge in [-0.15, -0.1) is 0 Å². The van der Waals surface area contributed by atoms with Crippen LogP contribution in [0.15, 0.2) is 0 Å². The topological polar surface area (TPSA) is 41.1 Å². The monoisotopic (exact) mass is 222 g/mol. The van der Waals surface area contributed by atoms with E-state index in [1.807, 2.05) is 0 Å². The summed E-state index contributed by atoms with van der Waals surface area (Å²) >= 11 is 0. The van der Waals surface area contributed by atoms with Crippen LogP contribution in [0, 0.1) is 17.8 Å². The van der Waals surface area contributed by atoms with Gasteiger partial charge in [0.15, 0.2) is 0 Å². The molecule has 0 unspecified atom stereocenters. The van der Waals surface area contributed by atoms with Gasteiger partial charge in [0, 0.05) is 12.6 Å². The molecule has 0 heterocycles. The van der Waals surface area contributed by atoms with E-state index in [4.69, 9.17) is 0 Å². The van der Waals surface area contributed by atoms with Gasteiger partial charge in [0.2, 0.25) is 0 Å². The normalized spacial score (nSPS) is 25.3. The number of carbonyl (C=O) groups is 1. The van der Waals surface area contributed by atoms with Gasteiger partial charge >= 0.3 is 6.03 Å². The van der Waals surface area contributed by atoms with Gasteiger partial charge in [0.1, 0.15) is 0 Å². The number of carbonyl (C=O) groups excluding carboxylic acids is 1. The number of hydrogen-bond acceptors (Lipinski definition) is 1. The maximum absolute atomic E-state index is 11.6. The van der Waals surface area contributed by atoms with Crippen LogP contribution in [-0.2, 0) is 0 Å². The summed E-state index contributed by atoms with van der Waals surface area (Å²) in [4.78, 5) is 11.6. The van der Waals surface area contributed by atoms with Crippen LogP contribution < -0.4 is 10.6 Å². The van der Waals surface area contributed by atoms with Crippen LogP contribution in [0.25, 0.3) is 0 Å². The van der Waals surface area contributed by atoms with E-state index in [1.54, 1.807) is 0 Å². The molecule has 0 aromatic carbocycles. The maximum Gasteiger partial charge on any atom is 0.315 e. The average Bonchev–Trinajstić information content (AvgIpc) is 3.03. The highest BCUT2D eigenvalue weighted by atomic mass is 16.2. The summed E-state index contributed by atoms with van der Waals surface area (Å²) in [6.07, 6.45) is 9.20. The van der Waals surface area contributed by atoms with Crippen molar-refractivity contribution in [2.24, 2.45) is 17.8 Å². The van der Waals surface area contributed by atoms with E-state index < -0.39 is 0 Å². The smallest absolute Gasteiger partial charge is 0.315 e. The van der Waals surface area contributed by atoms with Gasteiger partial charge in [-0.2, -0.15) is 0 Å². The third kappa shape index (κ3) is 2.50. The van der Waals surface area contributed by atoms with Gasteiger partial charge in [0.25, 0.3) is 0 Å². The lowest BCUT2D eigenvalue weighted by atomic mass is 9.93. The zero-order valence-corrected chi connectivity index (χ0v) is 9.87. The molecular weight excluding hydrogens is 200 g/mol. The molecule has 3 aliphatic rings. The van der Waals surface area contributed by atoms with Crippen molar-refractivity contribution in [2.75, 3.05) is 6.54 Å². The fraction of sp³-hybridized carbons (Fsp3) is 0.923. The van der Waals surface area contributed by atoms with E-state index in [2.05, 4.69) is 10.6 Å². The molecule has 0 aromatic rings. The summed E-state index contributed by atoms with van der Waals surface area (Å²) in [6.45, 7) is 0.911. The molecule has 3 nitrogen and oxygen atoms in total. The van der Waals surface area contributed by atoms with Crippen LogP contribution in [0.5, 0.6) is 0 Å². The molecule has 0 bridgehead atoms. The standard InChI is InChI=1S/C13H22N2O/c16-13(15-11-2-1-3-11)14-8-12(9-4-5-9)10-6-7-10/h9-12H,1-8H2,(H2,14,15,16). The Balaban J connectivity index is 1.38. The lowest BCUT2D eigenvalue weighted by Crippen LogP contribution is -2.46. The minimum atomic E-state index is 0.0657. The quantitative estimate of drug-likeness (QED) is 0.736. The molecule has 0 spiro atoms. The molecule has 0 aromatic heterocycles. The Morgan fingerprint density at radius 2 is 1.69 bits per heavy atom. The molecule has 2 N–H and O–H groups in total. The third-order valence-corrected chi connectivity index (χ3v) is 4.39. The summed E-state index contributed by atoms with van der Waals surface area (Å²) in [5.41, 5.74) is 0. The fourth-order valence-electron chi connectivity index (χ4n) is 2.77. The molecule has 0 saturated heterocycles. The van der Waals surface area contributed by atoms with Crippen molar-refractivity contribution in [1.29, 1.82) is 0 Å². The Labute approximate surface area is 97.4 Å². The molecule has 3 rings (SSSR count). The van der Waals surface area contributed by atoms with Gasteiger partial charge < -0.3 is 10.6 Å². The lowest BCUT2D eigenvalue weighted by molar-refractivity contribution is 0.224. The molecule has 3 saturated carbocycles. The van der Waals surface area contributed by atoms with E-state index in [1.165, 1.54) is 44.9 Å². The molecule has 3 fully saturated rings. The second-order valence-corrected chi connectivity index (χ2v) is 5.82. The van der Waals surface area contributed by atoms with Crippen molar-refractivity contribution in [1.82, 2.24) is 10.6 Å². The Morgan fingerprint density at radius 1 is 1.06 bits per heavy atom. The highest BCUT2D eigenvalue weighted by Crippen LogP contribution is 2.48. The molecule has 2 amide bonds. The molecule has 90 valence electrons. The number of nitrogens with one attached hydrogen (secondary N) is 2. The molecule has 0 atom stereocenters. The van der Waals surface area contributed by atoms with Crippen molar-refractivity contribution in [2.45, 2.75) is 51.0 Å². The predicted octanol–water partition coefficient (Wildman–Crippen LogP) is 2.27. The largest absolute Gasteiger partial charge is 0.338 e. The summed E-state index contributed by atoms with van der Waals surface area (Å²) in [6, 6.07) is 0.524. The van der Waals surface area contributed by atoms with Gasteiger partial charge in [-0.25, -0.2) is 4.79 Å². The van der Waals surface area contributed by atoms with Crippen LogP contribution >= 0.6 is 0 Å². The van der Waals surface area contributed by atoms with Crippen LogP contribution in [0.3, 0.4) is 0 Å². The van der Waals surface area contributed by atoms with E-state index in [0.29, 0.717) is 6.04 Å². The SMILES string of the molecule is O=C(NCC(C1CC1)C1CC1)NC1CCC1. The van der Waals surface area contributed by atoms with E-state index in [9.17, 15) is 4.79 Å². The van der Waals surface area contributed by atoms with Crippen LogP contribution in [0.1, 0.15) is 44.9 Å². The minimum Gasteiger partial charge on any atom is -0.338 e. The summed E-state index contributed by atoms with van der Waals surface area (Å²) < 4.78 is 0. The van der Waals surface area contributed by atoms with Crippen molar-refractivity contribution in [3.05, 3.63) is 0 Å². The Morgan fingerprint density at radius 3 is 2.12 bits per heavy atom. The molecule has 16 heavy (non-hydrogen) atoms. The zero-order chi connectivity index (χ0) is 11.0. The number of amides is 2. The average molecular weight is 222 g/mol. The van der Waals surface area contributed by atoms with Gasteiger partial charge in [0.05, 0.1) is 0 Å². The highest BCUT2D eigenvalue weighted by molar-refractivity contribution is 5.74. The minimum absolute atomic E-state index is 0.0657. The summed E-state index contributed by atoms with van der Waals surface area (Å²) in [7, 11) is 0. The fourth-order valence-corrected chi connectivity index (χ4v) is 2.77. The maximum atomic E-state index is 11.6. The highest BCUT2D eigenvalue weighted by Gasteiger charge is 2.41. The van der Waals surface area contributed by atoms with Crippen LogP contribution in [0.4, 0.5) is 4.79 Å². The Bertz CT molecular complexity index is 255. The Kier molecular flexibility index (Phi) is 2.78. The summed E-state index contributed by atoms with van der Waals surface area (Å²) in [5.74, 6) is 2.64. The first-order chi connectivity index (χ1) is 7.83. The van der Waals surface area contributed by atoms with Crippen molar-refractivity contribution in [3.63, 3.8) is 0 Å². The van der Waals surface area contributed by atoms with Gasteiger partial charge in [-0.1, -0.05) is 0 Å². The number of rotatable bonds is 5. The van der Waals surface area contributed by atoms with E-state index in [-0.39, 0.29) is 6.03 Å². The van der Waals surface area contributed by atoms with Crippen LogP contribution in [-0.4, -0.2) is 18.6 Å². The van der Waals surface area contributed by atoms with Crippen molar-refractivity contribution >= 4 is 6.03 Å². The van der Waals surface area contributed by atoms with Gasteiger partial charge in [-0.3, -0.25) is 0 Å². The lowest BCUT2D eigenvalue weighted by Gasteiger charge is -2.27. The first kappa shape index (κ1) is 10.4. The predicted molar refractivity (Wildman–Crippen MR) is 63.1 cm³/mol. The van der Waals surface area contributed by atoms with Gasteiger partial charge in [-0.05, 0) is 62.7 Å². The first-order valence-corrected chi connectivity index (χ1v) is 6.87. The Hall–Kier alpha value is -0.730. The number of urea groups is 1. The molecule has 3 aliphatic carbocycles. The zero-order valence-electron chi connectivity index (χ0n) is 9.87. The van der Waals surface area contributed by atoms with E-state index >= 15 is 0 Å². The van der Waals surface area contributed by atoms with Crippen molar-refractivity contribution < 1.29 is 4.79 Å². The molecular formula is C13H22N2O. The number of hydrogen-bond donors (Lipinski definition) is 2. The molecule has 0 radical (unpaired) electrons. The first-order valence-electron chi connectivity index (χ1n) is 6.87. The third-order valence-electron chi connectivity index (χ3n) is 4.39. The van der Waals surface area contributed by atoms with Crippen LogP contribution in [0.2, 0.25) is 0 Å². The molecule has 3 heteroatoms. The summed E-state index contributed by atoms with van der Waals surface area (Å²) in [5, 5.41) is 6.11. The molecule has 0 aliphatic heterocycles. The second kappa shape index (κ2) is 4.27. The van der Waals surface area contributed by atoms with E-state index in [0.717, 1.165) is 24.3 Å². The second-order valence-electron chi connectivity index (χ2n) is 5.82. The van der Waals surface area contributed by atoms with Crippen molar-refractivity contribution in [3.8, 4) is 0 Å².